The van der Waals surface area contributed by atoms with E-state index in [1.165, 1.54) is 12.0 Å². The predicted molar refractivity (Wildman–Crippen MR) is 121 cm³/mol. The van der Waals surface area contributed by atoms with Crippen molar-refractivity contribution in [3.63, 3.8) is 0 Å². The van der Waals surface area contributed by atoms with E-state index in [1.807, 2.05) is 20.9 Å². The lowest BCUT2D eigenvalue weighted by Crippen LogP contribution is -2.48. The number of aliphatic imine (C=N–C) groups is 1. The molecule has 2 unspecified atom stereocenters. The van der Waals surface area contributed by atoms with Crippen LogP contribution < -0.4 is 5.32 Å². The fraction of sp³-hybridized carbons (Fsp3) is 0.524. The van der Waals surface area contributed by atoms with E-state index >= 15 is 0 Å². The molecule has 3 rings (SSSR count). The Labute approximate surface area is 179 Å². The molecule has 1 aliphatic rings. The lowest BCUT2D eigenvalue weighted by molar-refractivity contribution is 0.215. The molecule has 0 aliphatic carbocycles. The zero-order valence-corrected chi connectivity index (χ0v) is 19.1. The number of hydrogen-bond donors (Lipinski definition) is 1. The van der Waals surface area contributed by atoms with Gasteiger partial charge in [0.1, 0.15) is 5.76 Å². The summed E-state index contributed by atoms with van der Waals surface area (Å²) in [6.07, 6.45) is 2.33. The molecule has 27 heavy (non-hydrogen) atoms. The van der Waals surface area contributed by atoms with Crippen LogP contribution in [0.1, 0.15) is 48.6 Å². The van der Waals surface area contributed by atoms with E-state index in [1.54, 1.807) is 0 Å². The van der Waals surface area contributed by atoms with Crippen molar-refractivity contribution in [3.05, 3.63) is 53.2 Å². The van der Waals surface area contributed by atoms with E-state index in [2.05, 4.69) is 57.4 Å². The quantitative estimate of drug-likeness (QED) is 0.396. The summed E-state index contributed by atoms with van der Waals surface area (Å²) in [7, 11) is 1.85. The second-order valence-electron chi connectivity index (χ2n) is 7.07. The van der Waals surface area contributed by atoms with Crippen molar-refractivity contribution in [3.8, 4) is 0 Å². The van der Waals surface area contributed by atoms with Gasteiger partial charge in [-0.1, -0.05) is 43.7 Å². The van der Waals surface area contributed by atoms with E-state index < -0.39 is 0 Å². The van der Waals surface area contributed by atoms with Crippen LogP contribution in [-0.2, 0) is 6.54 Å². The number of nitrogens with zero attached hydrogens (tertiary/aromatic N) is 3. The van der Waals surface area contributed by atoms with Crippen LogP contribution in [0.5, 0.6) is 0 Å². The molecular weight excluding hydrogens is 451 g/mol. The smallest absolute Gasteiger partial charge is 0.214 e. The molecule has 1 aliphatic heterocycles. The largest absolute Gasteiger partial charge is 0.444 e. The van der Waals surface area contributed by atoms with Gasteiger partial charge in [-0.3, -0.25) is 4.99 Å². The van der Waals surface area contributed by atoms with Crippen molar-refractivity contribution in [2.24, 2.45) is 10.9 Å². The molecule has 2 heterocycles. The third kappa shape index (κ3) is 5.24. The number of oxazole rings is 1. The highest BCUT2D eigenvalue weighted by atomic mass is 127. The van der Waals surface area contributed by atoms with E-state index in [-0.39, 0.29) is 24.0 Å². The number of likely N-dealkylation sites (tertiary alicyclic amines) is 1. The first-order valence-corrected chi connectivity index (χ1v) is 9.55. The van der Waals surface area contributed by atoms with Gasteiger partial charge in [-0.05, 0) is 37.7 Å². The fourth-order valence-electron chi connectivity index (χ4n) is 3.88. The second kappa shape index (κ2) is 10.1. The highest BCUT2D eigenvalue weighted by Crippen LogP contribution is 2.34. The van der Waals surface area contributed by atoms with Crippen molar-refractivity contribution < 1.29 is 4.42 Å². The number of halogens is 1. The summed E-state index contributed by atoms with van der Waals surface area (Å²) in [6, 6.07) is 10.9. The summed E-state index contributed by atoms with van der Waals surface area (Å²) >= 11 is 0. The standard InChI is InChI=1S/C21H30N4O.HI/c1-5-17-14-25(12-11-19(17)18-9-7-6-8-10-18)21(22-4)23-13-20-24-15(2)16(3)26-20;/h6-10,17,19H,5,11-14H2,1-4H3,(H,22,23);1H. The van der Waals surface area contributed by atoms with Crippen molar-refractivity contribution in [2.45, 2.75) is 46.1 Å². The number of hydrogen-bond acceptors (Lipinski definition) is 3. The van der Waals surface area contributed by atoms with Gasteiger partial charge < -0.3 is 14.6 Å². The Kier molecular flexibility index (Phi) is 8.13. The Morgan fingerprint density at radius 3 is 2.63 bits per heavy atom. The van der Waals surface area contributed by atoms with E-state index in [4.69, 9.17) is 4.42 Å². The topological polar surface area (TPSA) is 53.7 Å². The Bertz CT molecular complexity index is 724. The van der Waals surface area contributed by atoms with Crippen LogP contribution in [0.4, 0.5) is 0 Å². The molecule has 0 spiro atoms. The van der Waals surface area contributed by atoms with Crippen molar-refractivity contribution in [2.75, 3.05) is 20.1 Å². The summed E-state index contributed by atoms with van der Waals surface area (Å²) < 4.78 is 5.67. The normalized spacial score (nSPS) is 20.3. The van der Waals surface area contributed by atoms with Crippen LogP contribution in [0.3, 0.4) is 0 Å². The number of piperidine rings is 1. The average Bonchev–Trinajstić information content (AvgIpc) is 3.00. The maximum Gasteiger partial charge on any atom is 0.214 e. The van der Waals surface area contributed by atoms with Crippen molar-refractivity contribution in [1.82, 2.24) is 15.2 Å². The molecule has 1 aromatic heterocycles. The molecular formula is C21H31IN4O. The third-order valence-electron chi connectivity index (χ3n) is 5.47. The number of nitrogens with one attached hydrogen (secondary N) is 1. The van der Waals surface area contributed by atoms with Gasteiger partial charge in [0, 0.05) is 20.1 Å². The van der Waals surface area contributed by atoms with Gasteiger partial charge in [0.2, 0.25) is 5.89 Å². The van der Waals surface area contributed by atoms with Gasteiger partial charge in [0.05, 0.1) is 12.2 Å². The molecule has 1 saturated heterocycles. The van der Waals surface area contributed by atoms with Gasteiger partial charge in [-0.15, -0.1) is 24.0 Å². The molecule has 1 N–H and O–H groups in total. The molecule has 2 atom stereocenters. The Hall–Kier alpha value is -1.57. The molecule has 1 fully saturated rings. The molecule has 0 saturated carbocycles. The summed E-state index contributed by atoms with van der Waals surface area (Å²) in [4.78, 5) is 11.3. The van der Waals surface area contributed by atoms with E-state index in [0.29, 0.717) is 24.3 Å². The monoisotopic (exact) mass is 482 g/mol. The summed E-state index contributed by atoms with van der Waals surface area (Å²) in [5.41, 5.74) is 2.42. The molecule has 0 bridgehead atoms. The van der Waals surface area contributed by atoms with E-state index in [0.717, 1.165) is 36.9 Å². The first-order chi connectivity index (χ1) is 12.6. The Morgan fingerprint density at radius 1 is 1.30 bits per heavy atom. The van der Waals surface area contributed by atoms with Crippen LogP contribution in [0.25, 0.3) is 0 Å². The molecule has 6 heteroatoms. The first-order valence-electron chi connectivity index (χ1n) is 9.55. The minimum absolute atomic E-state index is 0. The van der Waals surface area contributed by atoms with Gasteiger partial charge >= 0.3 is 0 Å². The third-order valence-corrected chi connectivity index (χ3v) is 5.47. The van der Waals surface area contributed by atoms with Crippen LogP contribution in [-0.4, -0.2) is 36.0 Å². The number of aromatic nitrogens is 1. The predicted octanol–water partition coefficient (Wildman–Crippen LogP) is 4.50. The summed E-state index contributed by atoms with van der Waals surface area (Å²) in [6.45, 7) is 8.81. The average molecular weight is 482 g/mol. The van der Waals surface area contributed by atoms with Gasteiger partial charge in [-0.25, -0.2) is 4.98 Å². The lowest BCUT2D eigenvalue weighted by Gasteiger charge is -2.40. The minimum Gasteiger partial charge on any atom is -0.444 e. The summed E-state index contributed by atoms with van der Waals surface area (Å²) in [5.74, 6) is 3.80. The number of benzene rings is 1. The maximum atomic E-state index is 5.67. The molecule has 1 aromatic carbocycles. The van der Waals surface area contributed by atoms with Crippen LogP contribution in [0.15, 0.2) is 39.7 Å². The Balaban J connectivity index is 0.00000261. The lowest BCUT2D eigenvalue weighted by atomic mass is 9.79. The number of aryl methyl sites for hydroxylation is 2. The zero-order valence-electron chi connectivity index (χ0n) is 16.7. The highest BCUT2D eigenvalue weighted by molar-refractivity contribution is 14.0. The molecule has 5 nitrogen and oxygen atoms in total. The highest BCUT2D eigenvalue weighted by Gasteiger charge is 2.30. The minimum atomic E-state index is 0. The maximum absolute atomic E-state index is 5.67. The van der Waals surface area contributed by atoms with Gasteiger partial charge in [-0.2, -0.15) is 0 Å². The van der Waals surface area contributed by atoms with Crippen molar-refractivity contribution >= 4 is 29.9 Å². The van der Waals surface area contributed by atoms with Crippen molar-refractivity contribution in [1.29, 1.82) is 0 Å². The van der Waals surface area contributed by atoms with E-state index in [9.17, 15) is 0 Å². The SMILES string of the molecule is CCC1CN(C(=NC)NCc2nc(C)c(C)o2)CCC1c1ccccc1.I. The van der Waals surface area contributed by atoms with Crippen LogP contribution in [0.2, 0.25) is 0 Å². The first kappa shape index (κ1) is 21.7. The van der Waals surface area contributed by atoms with Crippen LogP contribution in [0, 0.1) is 19.8 Å². The van der Waals surface area contributed by atoms with Crippen LogP contribution >= 0.6 is 24.0 Å². The molecule has 2 aromatic rings. The fourth-order valence-corrected chi connectivity index (χ4v) is 3.88. The molecule has 148 valence electrons. The number of guanidine groups is 1. The van der Waals surface area contributed by atoms with Gasteiger partial charge in [0.25, 0.3) is 0 Å². The molecule has 0 radical (unpaired) electrons. The molecule has 0 amide bonds. The number of rotatable bonds is 4. The summed E-state index contributed by atoms with van der Waals surface area (Å²) in [5, 5.41) is 3.41. The van der Waals surface area contributed by atoms with Gasteiger partial charge in [0.15, 0.2) is 5.96 Å². The zero-order chi connectivity index (χ0) is 18.5. The second-order valence-corrected chi connectivity index (χ2v) is 7.07. The Morgan fingerprint density at radius 2 is 2.04 bits per heavy atom.